The second kappa shape index (κ2) is 7.02. The first-order valence-electron chi connectivity index (χ1n) is 10.2. The van der Waals surface area contributed by atoms with Gasteiger partial charge < -0.3 is 5.11 Å². The topological polar surface area (TPSA) is 30.0 Å². The Morgan fingerprint density at radius 1 is 0.778 bits per heavy atom. The highest BCUT2D eigenvalue weighted by Crippen LogP contribution is 2.39. The molecule has 2 aromatic carbocycles. The van der Waals surface area contributed by atoms with Crippen LogP contribution >= 0.6 is 0 Å². The van der Waals surface area contributed by atoms with Crippen molar-refractivity contribution in [3.05, 3.63) is 71.8 Å². The molecule has 4 nitrogen and oxygen atoms in total. The molecule has 0 aliphatic carbocycles. The lowest BCUT2D eigenvalue weighted by atomic mass is 9.83. The lowest BCUT2D eigenvalue weighted by molar-refractivity contribution is -0.118. The van der Waals surface area contributed by atoms with Crippen molar-refractivity contribution < 1.29 is 5.11 Å². The first-order valence-corrected chi connectivity index (χ1v) is 10.2. The largest absolute Gasteiger partial charge is 0.392 e. The minimum absolute atomic E-state index is 0.160. The van der Waals surface area contributed by atoms with Crippen molar-refractivity contribution in [1.29, 1.82) is 0 Å². The summed E-state index contributed by atoms with van der Waals surface area (Å²) >= 11 is 0. The SMILES string of the molecule is OC1CC2CN(Cc3ccccc3)CC3(CN(Cc4ccccc4)C3)N2C1. The number of aliphatic hydroxyl groups is 1. The van der Waals surface area contributed by atoms with E-state index in [-0.39, 0.29) is 11.6 Å². The molecule has 3 fully saturated rings. The van der Waals surface area contributed by atoms with Crippen molar-refractivity contribution >= 4 is 0 Å². The van der Waals surface area contributed by atoms with Gasteiger partial charge in [0.1, 0.15) is 0 Å². The first-order chi connectivity index (χ1) is 13.2. The summed E-state index contributed by atoms with van der Waals surface area (Å²) in [5.41, 5.74) is 2.99. The number of fused-ring (bicyclic) bond motifs is 2. The molecule has 2 aromatic rings. The highest BCUT2D eigenvalue weighted by Gasteiger charge is 2.55. The summed E-state index contributed by atoms with van der Waals surface area (Å²) in [4.78, 5) is 7.82. The van der Waals surface area contributed by atoms with Crippen LogP contribution in [-0.2, 0) is 13.1 Å². The molecule has 27 heavy (non-hydrogen) atoms. The minimum atomic E-state index is -0.160. The molecule has 3 heterocycles. The summed E-state index contributed by atoms with van der Waals surface area (Å²) in [7, 11) is 0. The van der Waals surface area contributed by atoms with Crippen LogP contribution in [0.15, 0.2) is 60.7 Å². The van der Waals surface area contributed by atoms with Gasteiger partial charge >= 0.3 is 0 Å². The summed E-state index contributed by atoms with van der Waals surface area (Å²) in [6.07, 6.45) is 0.762. The maximum Gasteiger partial charge on any atom is 0.0682 e. The van der Waals surface area contributed by atoms with Crippen LogP contribution in [0, 0.1) is 0 Å². The minimum Gasteiger partial charge on any atom is -0.392 e. The quantitative estimate of drug-likeness (QED) is 0.902. The molecule has 4 heteroatoms. The highest BCUT2D eigenvalue weighted by atomic mass is 16.3. The Morgan fingerprint density at radius 3 is 1.96 bits per heavy atom. The van der Waals surface area contributed by atoms with Gasteiger partial charge in [0.2, 0.25) is 0 Å². The Labute approximate surface area is 162 Å². The van der Waals surface area contributed by atoms with Crippen LogP contribution in [0.4, 0.5) is 0 Å². The molecule has 1 spiro atoms. The van der Waals surface area contributed by atoms with Crippen LogP contribution in [0.5, 0.6) is 0 Å². The lowest BCUT2D eigenvalue weighted by Gasteiger charge is -2.61. The van der Waals surface area contributed by atoms with Crippen LogP contribution in [0.25, 0.3) is 0 Å². The molecule has 5 rings (SSSR count). The number of benzene rings is 2. The molecule has 0 saturated carbocycles. The number of aliphatic hydroxyl groups excluding tert-OH is 1. The van der Waals surface area contributed by atoms with E-state index in [1.807, 2.05) is 0 Å². The van der Waals surface area contributed by atoms with E-state index >= 15 is 0 Å². The zero-order chi connectivity index (χ0) is 18.3. The number of hydrogen-bond acceptors (Lipinski definition) is 4. The summed E-state index contributed by atoms with van der Waals surface area (Å²) in [5, 5.41) is 10.3. The molecule has 0 aromatic heterocycles. The van der Waals surface area contributed by atoms with Crippen LogP contribution < -0.4 is 0 Å². The Kier molecular flexibility index (Phi) is 4.52. The standard InChI is InChI=1S/C23H29N3O/c27-22-11-21-14-24(12-19-7-3-1-4-8-19)16-23(26(21)15-22)17-25(18-23)13-20-9-5-2-6-10-20/h1-10,21-22,27H,11-18H2. The van der Waals surface area contributed by atoms with Crippen LogP contribution in [-0.4, -0.2) is 70.2 Å². The van der Waals surface area contributed by atoms with Crippen molar-refractivity contribution in [2.24, 2.45) is 0 Å². The second-order valence-electron chi connectivity index (χ2n) is 8.71. The molecule has 0 radical (unpaired) electrons. The monoisotopic (exact) mass is 363 g/mol. The molecule has 3 aliphatic heterocycles. The zero-order valence-corrected chi connectivity index (χ0v) is 15.9. The van der Waals surface area contributed by atoms with Gasteiger partial charge in [0.25, 0.3) is 0 Å². The van der Waals surface area contributed by atoms with E-state index in [9.17, 15) is 5.11 Å². The van der Waals surface area contributed by atoms with E-state index in [0.717, 1.165) is 52.2 Å². The Hall–Kier alpha value is -1.72. The zero-order valence-electron chi connectivity index (χ0n) is 15.9. The van der Waals surface area contributed by atoms with Gasteiger partial charge in [0.05, 0.1) is 11.6 Å². The Morgan fingerprint density at radius 2 is 1.33 bits per heavy atom. The molecule has 1 N–H and O–H groups in total. The fourth-order valence-electron chi connectivity index (χ4n) is 5.50. The molecule has 0 amide bonds. The van der Waals surface area contributed by atoms with Gasteiger partial charge in [-0.1, -0.05) is 60.7 Å². The van der Waals surface area contributed by atoms with Crippen LogP contribution in [0.1, 0.15) is 17.5 Å². The van der Waals surface area contributed by atoms with Gasteiger partial charge in [-0.15, -0.1) is 0 Å². The molecule has 3 aliphatic rings. The van der Waals surface area contributed by atoms with Gasteiger partial charge in [-0.2, -0.15) is 0 Å². The van der Waals surface area contributed by atoms with E-state index in [2.05, 4.69) is 75.4 Å². The van der Waals surface area contributed by atoms with Gasteiger partial charge in [-0.3, -0.25) is 14.7 Å². The number of likely N-dealkylation sites (tertiary alicyclic amines) is 1. The Bertz CT molecular complexity index is 760. The third kappa shape index (κ3) is 3.43. The van der Waals surface area contributed by atoms with Crippen molar-refractivity contribution in [2.45, 2.75) is 37.2 Å². The number of hydrogen-bond donors (Lipinski definition) is 1. The number of rotatable bonds is 4. The van der Waals surface area contributed by atoms with Crippen LogP contribution in [0.2, 0.25) is 0 Å². The fourth-order valence-corrected chi connectivity index (χ4v) is 5.50. The van der Waals surface area contributed by atoms with E-state index in [1.54, 1.807) is 0 Å². The summed E-state index contributed by atoms with van der Waals surface area (Å²) in [6, 6.07) is 22.1. The van der Waals surface area contributed by atoms with Crippen molar-refractivity contribution in [2.75, 3.05) is 32.7 Å². The van der Waals surface area contributed by atoms with E-state index in [0.29, 0.717) is 6.04 Å². The first kappa shape index (κ1) is 17.4. The van der Waals surface area contributed by atoms with E-state index in [1.165, 1.54) is 11.1 Å². The third-order valence-corrected chi connectivity index (χ3v) is 6.52. The summed E-state index contributed by atoms with van der Waals surface area (Å²) < 4.78 is 0. The number of β-amino-alcohol motifs (C(OH)–C–C–N with tert-alkyl or cyclic N) is 1. The molecule has 0 bridgehead atoms. The molecule has 2 atom stereocenters. The third-order valence-electron chi connectivity index (χ3n) is 6.52. The predicted octanol–water partition coefficient (Wildman–Crippen LogP) is 2.19. The van der Waals surface area contributed by atoms with Gasteiger partial charge in [0, 0.05) is 51.9 Å². The Balaban J connectivity index is 1.30. The summed E-state index contributed by atoms with van der Waals surface area (Å²) in [6.45, 7) is 7.29. The van der Waals surface area contributed by atoms with Crippen LogP contribution in [0.3, 0.4) is 0 Å². The molecule has 3 saturated heterocycles. The van der Waals surface area contributed by atoms with E-state index < -0.39 is 0 Å². The average Bonchev–Trinajstić information content (AvgIpc) is 3.03. The predicted molar refractivity (Wildman–Crippen MR) is 107 cm³/mol. The molecule has 2 unspecified atom stereocenters. The van der Waals surface area contributed by atoms with E-state index in [4.69, 9.17) is 0 Å². The van der Waals surface area contributed by atoms with Gasteiger partial charge in [-0.25, -0.2) is 0 Å². The maximum absolute atomic E-state index is 10.3. The smallest absolute Gasteiger partial charge is 0.0682 e. The number of piperazine rings is 1. The van der Waals surface area contributed by atoms with Gasteiger partial charge in [-0.05, 0) is 17.5 Å². The maximum atomic E-state index is 10.3. The van der Waals surface area contributed by atoms with Crippen molar-refractivity contribution in [3.8, 4) is 0 Å². The average molecular weight is 364 g/mol. The molecule has 142 valence electrons. The normalized spacial score (nSPS) is 28.2. The van der Waals surface area contributed by atoms with Crippen molar-refractivity contribution in [3.63, 3.8) is 0 Å². The molecular formula is C23H29N3O. The number of nitrogens with zero attached hydrogens (tertiary/aromatic N) is 3. The van der Waals surface area contributed by atoms with Gasteiger partial charge in [0.15, 0.2) is 0 Å². The summed E-state index contributed by atoms with van der Waals surface area (Å²) in [5.74, 6) is 0. The van der Waals surface area contributed by atoms with Crippen molar-refractivity contribution in [1.82, 2.24) is 14.7 Å². The molecular weight excluding hydrogens is 334 g/mol. The highest BCUT2D eigenvalue weighted by molar-refractivity contribution is 5.20. The second-order valence-corrected chi connectivity index (χ2v) is 8.71. The fraction of sp³-hybridized carbons (Fsp3) is 0.478. The lowest BCUT2D eigenvalue weighted by Crippen LogP contribution is -2.77.